The number of nitrogens with zero attached hydrogens (tertiary/aromatic N) is 2. The van der Waals surface area contributed by atoms with E-state index in [0.717, 1.165) is 27.3 Å². The topological polar surface area (TPSA) is 34.9 Å². The SMILES string of the molecule is CC(C)c1cc(C=O)n(Cc2ccncc2)c1Sc1cc(Cl)cc(Cl)c1. The van der Waals surface area contributed by atoms with Gasteiger partial charge in [0.25, 0.3) is 0 Å². The van der Waals surface area contributed by atoms with Crippen LogP contribution in [0.5, 0.6) is 0 Å². The van der Waals surface area contributed by atoms with E-state index in [2.05, 4.69) is 18.8 Å². The average molecular weight is 405 g/mol. The second-order valence-corrected chi connectivity index (χ2v) is 8.19. The van der Waals surface area contributed by atoms with Crippen LogP contribution in [-0.4, -0.2) is 15.8 Å². The summed E-state index contributed by atoms with van der Waals surface area (Å²) in [5, 5.41) is 2.21. The molecule has 0 aliphatic heterocycles. The lowest BCUT2D eigenvalue weighted by Crippen LogP contribution is -2.06. The summed E-state index contributed by atoms with van der Waals surface area (Å²) in [4.78, 5) is 16.7. The molecule has 0 fully saturated rings. The van der Waals surface area contributed by atoms with Crippen molar-refractivity contribution in [3.05, 3.63) is 75.7 Å². The maximum Gasteiger partial charge on any atom is 0.166 e. The number of carbonyl (C=O) groups is 1. The Labute approximate surface area is 167 Å². The van der Waals surface area contributed by atoms with E-state index in [1.165, 1.54) is 0 Å². The van der Waals surface area contributed by atoms with Gasteiger partial charge in [-0.25, -0.2) is 0 Å². The fraction of sp³-hybridized carbons (Fsp3) is 0.200. The maximum atomic E-state index is 11.7. The van der Waals surface area contributed by atoms with Crippen molar-refractivity contribution in [2.75, 3.05) is 0 Å². The molecule has 134 valence electrons. The lowest BCUT2D eigenvalue weighted by Gasteiger charge is -2.14. The van der Waals surface area contributed by atoms with Gasteiger partial charge in [-0.1, -0.05) is 48.8 Å². The molecule has 2 aromatic heterocycles. The summed E-state index contributed by atoms with van der Waals surface area (Å²) in [6, 6.07) is 11.3. The van der Waals surface area contributed by atoms with E-state index >= 15 is 0 Å². The lowest BCUT2D eigenvalue weighted by molar-refractivity contribution is 0.111. The van der Waals surface area contributed by atoms with Gasteiger partial charge in [-0.05, 0) is 53.4 Å². The zero-order chi connectivity index (χ0) is 18.7. The van der Waals surface area contributed by atoms with Crippen LogP contribution < -0.4 is 0 Å². The quantitative estimate of drug-likeness (QED) is 0.450. The highest BCUT2D eigenvalue weighted by Gasteiger charge is 2.19. The molecule has 0 radical (unpaired) electrons. The smallest absolute Gasteiger partial charge is 0.166 e. The standard InChI is InChI=1S/C20H18Cl2N2OS/c1-13(2)19-10-17(12-25)24(11-14-3-5-23-6-4-14)20(19)26-18-8-15(21)7-16(22)9-18/h3-10,12-13H,11H2,1-2H3. The van der Waals surface area contributed by atoms with Crippen LogP contribution in [0.25, 0.3) is 0 Å². The molecular weight excluding hydrogens is 387 g/mol. The van der Waals surface area contributed by atoms with Gasteiger partial charge in [0.2, 0.25) is 0 Å². The number of hydrogen-bond acceptors (Lipinski definition) is 3. The number of rotatable bonds is 6. The molecule has 0 bridgehead atoms. The highest BCUT2D eigenvalue weighted by atomic mass is 35.5. The Morgan fingerprint density at radius 1 is 1.12 bits per heavy atom. The molecule has 3 rings (SSSR count). The predicted octanol–water partition coefficient (Wildman–Crippen LogP) is 6.33. The normalized spacial score (nSPS) is 11.1. The van der Waals surface area contributed by atoms with Crippen LogP contribution in [0, 0.1) is 0 Å². The molecule has 0 unspecified atom stereocenters. The van der Waals surface area contributed by atoms with Gasteiger partial charge in [0.05, 0.1) is 10.7 Å². The summed E-state index contributed by atoms with van der Waals surface area (Å²) in [5.74, 6) is 0.282. The molecule has 0 saturated carbocycles. The molecule has 0 saturated heterocycles. The number of aldehydes is 1. The number of carbonyl (C=O) groups excluding carboxylic acids is 1. The fourth-order valence-corrected chi connectivity index (χ4v) is 4.67. The first-order valence-corrected chi connectivity index (χ1v) is 9.76. The molecule has 0 spiro atoms. The van der Waals surface area contributed by atoms with Gasteiger partial charge >= 0.3 is 0 Å². The first-order valence-electron chi connectivity index (χ1n) is 8.19. The van der Waals surface area contributed by atoms with Crippen molar-refractivity contribution in [2.45, 2.75) is 36.2 Å². The van der Waals surface area contributed by atoms with E-state index in [9.17, 15) is 4.79 Å². The summed E-state index contributed by atoms with van der Waals surface area (Å²) < 4.78 is 2.04. The van der Waals surface area contributed by atoms with Crippen LogP contribution in [0.1, 0.15) is 41.4 Å². The Bertz CT molecular complexity index is 903. The highest BCUT2D eigenvalue weighted by molar-refractivity contribution is 7.99. The minimum atomic E-state index is 0.282. The number of hydrogen-bond donors (Lipinski definition) is 0. The molecule has 3 nitrogen and oxygen atoms in total. The van der Waals surface area contributed by atoms with E-state index in [1.807, 2.05) is 34.9 Å². The zero-order valence-electron chi connectivity index (χ0n) is 14.4. The summed E-state index contributed by atoms with van der Waals surface area (Å²) in [5.41, 5.74) is 2.86. The number of benzene rings is 1. The molecule has 0 aliphatic rings. The lowest BCUT2D eigenvalue weighted by atomic mass is 10.1. The van der Waals surface area contributed by atoms with Crippen molar-refractivity contribution in [3.63, 3.8) is 0 Å². The first-order chi connectivity index (χ1) is 12.5. The Kier molecular flexibility index (Phi) is 6.07. The fourth-order valence-electron chi connectivity index (χ4n) is 2.73. The van der Waals surface area contributed by atoms with Crippen molar-refractivity contribution in [2.24, 2.45) is 0 Å². The minimum absolute atomic E-state index is 0.282. The van der Waals surface area contributed by atoms with Crippen molar-refractivity contribution < 1.29 is 4.79 Å². The summed E-state index contributed by atoms with van der Waals surface area (Å²) in [7, 11) is 0. The Morgan fingerprint density at radius 2 is 1.77 bits per heavy atom. The third-order valence-electron chi connectivity index (χ3n) is 3.99. The van der Waals surface area contributed by atoms with Crippen molar-refractivity contribution >= 4 is 41.2 Å². The van der Waals surface area contributed by atoms with Crippen molar-refractivity contribution in [1.82, 2.24) is 9.55 Å². The Balaban J connectivity index is 2.08. The van der Waals surface area contributed by atoms with Gasteiger partial charge in [-0.15, -0.1) is 0 Å². The van der Waals surface area contributed by atoms with E-state index in [1.54, 1.807) is 30.2 Å². The predicted molar refractivity (Wildman–Crippen MR) is 108 cm³/mol. The van der Waals surface area contributed by atoms with Crippen LogP contribution in [-0.2, 0) is 6.54 Å². The van der Waals surface area contributed by atoms with Crippen LogP contribution in [0.4, 0.5) is 0 Å². The molecular formula is C20H18Cl2N2OS. The number of pyridine rings is 1. The zero-order valence-corrected chi connectivity index (χ0v) is 16.8. The van der Waals surface area contributed by atoms with Crippen molar-refractivity contribution in [1.29, 1.82) is 0 Å². The summed E-state index contributed by atoms with van der Waals surface area (Å²) in [6.07, 6.45) is 4.42. The highest BCUT2D eigenvalue weighted by Crippen LogP contribution is 2.38. The number of aromatic nitrogens is 2. The average Bonchev–Trinajstić information content (AvgIpc) is 2.93. The van der Waals surface area contributed by atoms with Crippen LogP contribution in [0.3, 0.4) is 0 Å². The molecule has 26 heavy (non-hydrogen) atoms. The third kappa shape index (κ3) is 4.32. The molecule has 1 aromatic carbocycles. The third-order valence-corrected chi connectivity index (χ3v) is 5.55. The first kappa shape index (κ1) is 19.0. The van der Waals surface area contributed by atoms with E-state index < -0.39 is 0 Å². The molecule has 0 atom stereocenters. The van der Waals surface area contributed by atoms with Crippen LogP contribution in [0.2, 0.25) is 10.0 Å². The molecule has 3 aromatic rings. The maximum absolute atomic E-state index is 11.7. The van der Waals surface area contributed by atoms with Crippen molar-refractivity contribution in [3.8, 4) is 0 Å². The summed E-state index contributed by atoms with van der Waals surface area (Å²) in [6.45, 7) is 4.84. The molecule has 0 aliphatic carbocycles. The van der Waals surface area contributed by atoms with Crippen LogP contribution in [0.15, 0.2) is 58.7 Å². The largest absolute Gasteiger partial charge is 0.329 e. The monoisotopic (exact) mass is 404 g/mol. The minimum Gasteiger partial charge on any atom is -0.329 e. The summed E-state index contributed by atoms with van der Waals surface area (Å²) >= 11 is 13.9. The van der Waals surface area contributed by atoms with Gasteiger partial charge in [0, 0.05) is 33.9 Å². The Morgan fingerprint density at radius 3 is 2.35 bits per heavy atom. The molecule has 0 amide bonds. The van der Waals surface area contributed by atoms with Gasteiger partial charge in [0.1, 0.15) is 0 Å². The van der Waals surface area contributed by atoms with E-state index in [4.69, 9.17) is 23.2 Å². The second-order valence-electron chi connectivity index (χ2n) is 6.25. The van der Waals surface area contributed by atoms with E-state index in [0.29, 0.717) is 22.3 Å². The molecule has 2 heterocycles. The second kappa shape index (κ2) is 8.30. The van der Waals surface area contributed by atoms with Gasteiger partial charge in [-0.3, -0.25) is 9.78 Å². The Hall–Kier alpha value is -1.75. The van der Waals surface area contributed by atoms with Crippen LogP contribution >= 0.6 is 35.0 Å². The van der Waals surface area contributed by atoms with Gasteiger partial charge in [-0.2, -0.15) is 0 Å². The van der Waals surface area contributed by atoms with Gasteiger partial charge < -0.3 is 4.57 Å². The van der Waals surface area contributed by atoms with Gasteiger partial charge in [0.15, 0.2) is 6.29 Å². The molecule has 0 N–H and O–H groups in total. The van der Waals surface area contributed by atoms with E-state index in [-0.39, 0.29) is 5.92 Å². The molecule has 6 heteroatoms. The number of halogens is 2.